The van der Waals surface area contributed by atoms with Gasteiger partial charge in [0, 0.05) is 12.4 Å². The van der Waals surface area contributed by atoms with E-state index in [0.717, 1.165) is 11.1 Å². The highest BCUT2D eigenvalue weighted by molar-refractivity contribution is 5.83. The highest BCUT2D eigenvalue weighted by atomic mass is 16.4. The van der Waals surface area contributed by atoms with E-state index in [1.54, 1.807) is 18.5 Å². The Bertz CT molecular complexity index is 435. The van der Waals surface area contributed by atoms with E-state index in [1.807, 2.05) is 24.3 Å². The van der Waals surface area contributed by atoms with Gasteiger partial charge in [-0.15, -0.1) is 0 Å². The van der Waals surface area contributed by atoms with Gasteiger partial charge in [-0.2, -0.15) is 0 Å². The Balaban J connectivity index is 2.40. The number of hydrogen-bond donors (Lipinski definition) is 1. The summed E-state index contributed by atoms with van der Waals surface area (Å²) in [5.74, 6) is -1.29. The van der Waals surface area contributed by atoms with Gasteiger partial charge >= 0.3 is 5.97 Å². The summed E-state index contributed by atoms with van der Waals surface area (Å²) >= 11 is 0. The second-order valence-corrected chi connectivity index (χ2v) is 3.47. The van der Waals surface area contributed by atoms with Crippen LogP contribution in [0.15, 0.2) is 41.5 Å². The smallest absolute Gasteiger partial charge is 0.310 e. The molecule has 0 fully saturated rings. The lowest BCUT2D eigenvalue weighted by Crippen LogP contribution is -2.15. The van der Waals surface area contributed by atoms with Crippen LogP contribution < -0.4 is 0 Å². The first-order valence-corrected chi connectivity index (χ1v) is 4.78. The van der Waals surface area contributed by atoms with Crippen LogP contribution in [0.2, 0.25) is 0 Å². The molecule has 3 nitrogen and oxygen atoms in total. The summed E-state index contributed by atoms with van der Waals surface area (Å²) in [4.78, 5) is 15.0. The number of aliphatic imine (C=N–C) groups is 1. The fourth-order valence-electron chi connectivity index (χ4n) is 1.60. The zero-order valence-electron chi connectivity index (χ0n) is 8.13. The van der Waals surface area contributed by atoms with E-state index in [4.69, 9.17) is 5.11 Å². The lowest BCUT2D eigenvalue weighted by atomic mass is 9.95. The summed E-state index contributed by atoms with van der Waals surface area (Å²) in [5, 5.41) is 8.98. The van der Waals surface area contributed by atoms with Crippen LogP contribution in [0.25, 0.3) is 0 Å². The molecule has 0 saturated carbocycles. The molecule has 1 heterocycles. The lowest BCUT2D eigenvalue weighted by Gasteiger charge is -2.11. The molecule has 0 aromatic heterocycles. The number of nitrogens with zero attached hydrogens (tertiary/aromatic N) is 1. The SMILES string of the molecule is O=C(O)C1/C=C\N=Cc2ccccc2C1. The molecular weight excluding hydrogens is 190 g/mol. The maximum Gasteiger partial charge on any atom is 0.310 e. The van der Waals surface area contributed by atoms with Gasteiger partial charge in [0.25, 0.3) is 0 Å². The van der Waals surface area contributed by atoms with Crippen LogP contribution in [0.4, 0.5) is 0 Å². The average molecular weight is 201 g/mol. The lowest BCUT2D eigenvalue weighted by molar-refractivity contribution is -0.140. The molecule has 1 aromatic rings. The van der Waals surface area contributed by atoms with E-state index in [0.29, 0.717) is 6.42 Å². The Hall–Kier alpha value is -1.90. The van der Waals surface area contributed by atoms with Gasteiger partial charge in [0.15, 0.2) is 0 Å². The van der Waals surface area contributed by atoms with Gasteiger partial charge in [-0.25, -0.2) is 0 Å². The molecule has 1 atom stereocenters. The quantitative estimate of drug-likeness (QED) is 0.754. The van der Waals surface area contributed by atoms with Crippen LogP contribution in [0, 0.1) is 5.92 Å². The van der Waals surface area contributed by atoms with Gasteiger partial charge in [-0.3, -0.25) is 9.79 Å². The third kappa shape index (κ3) is 2.13. The molecule has 0 amide bonds. The van der Waals surface area contributed by atoms with Crippen molar-refractivity contribution in [3.8, 4) is 0 Å². The highest BCUT2D eigenvalue weighted by Crippen LogP contribution is 2.16. The van der Waals surface area contributed by atoms with E-state index in [-0.39, 0.29) is 0 Å². The van der Waals surface area contributed by atoms with E-state index < -0.39 is 11.9 Å². The van der Waals surface area contributed by atoms with E-state index in [9.17, 15) is 4.79 Å². The van der Waals surface area contributed by atoms with Crippen LogP contribution in [0.5, 0.6) is 0 Å². The van der Waals surface area contributed by atoms with Crippen LogP contribution in [0.1, 0.15) is 11.1 Å². The predicted molar refractivity (Wildman–Crippen MR) is 58.0 cm³/mol. The summed E-state index contributed by atoms with van der Waals surface area (Å²) in [5.41, 5.74) is 2.02. The van der Waals surface area contributed by atoms with Crippen molar-refractivity contribution in [3.05, 3.63) is 47.7 Å². The predicted octanol–water partition coefficient (Wildman–Crippen LogP) is 1.88. The number of carboxylic acid groups (broad SMARTS) is 1. The maximum atomic E-state index is 10.9. The number of rotatable bonds is 1. The normalized spacial score (nSPS) is 21.2. The molecule has 1 aliphatic rings. The zero-order valence-corrected chi connectivity index (χ0v) is 8.13. The molecule has 1 aliphatic heterocycles. The number of hydrogen-bond acceptors (Lipinski definition) is 2. The second-order valence-electron chi connectivity index (χ2n) is 3.47. The Morgan fingerprint density at radius 2 is 2.20 bits per heavy atom. The van der Waals surface area contributed by atoms with Crippen molar-refractivity contribution in [2.24, 2.45) is 10.9 Å². The van der Waals surface area contributed by atoms with Gasteiger partial charge in [0.2, 0.25) is 0 Å². The minimum atomic E-state index is -0.807. The first-order chi connectivity index (χ1) is 7.27. The van der Waals surface area contributed by atoms with Gasteiger partial charge in [-0.1, -0.05) is 30.3 Å². The van der Waals surface area contributed by atoms with Crippen LogP contribution in [-0.4, -0.2) is 17.3 Å². The molecule has 15 heavy (non-hydrogen) atoms. The van der Waals surface area contributed by atoms with Crippen molar-refractivity contribution in [1.29, 1.82) is 0 Å². The average Bonchev–Trinajstić information content (AvgIpc) is 2.18. The topological polar surface area (TPSA) is 49.7 Å². The largest absolute Gasteiger partial charge is 0.481 e. The minimum absolute atomic E-state index is 0.483. The molecule has 76 valence electrons. The zero-order chi connectivity index (χ0) is 10.7. The number of fused-ring (bicyclic) bond motifs is 1. The molecule has 0 saturated heterocycles. The molecule has 3 heteroatoms. The molecule has 0 spiro atoms. The molecule has 0 radical (unpaired) electrons. The van der Waals surface area contributed by atoms with Crippen LogP contribution in [-0.2, 0) is 11.2 Å². The third-order valence-corrected chi connectivity index (χ3v) is 2.43. The number of aliphatic carboxylic acids is 1. The minimum Gasteiger partial charge on any atom is -0.481 e. The third-order valence-electron chi connectivity index (χ3n) is 2.43. The Labute approximate surface area is 87.8 Å². The van der Waals surface area contributed by atoms with E-state index in [1.165, 1.54) is 0 Å². The summed E-state index contributed by atoms with van der Waals surface area (Å²) < 4.78 is 0. The Morgan fingerprint density at radius 1 is 1.40 bits per heavy atom. The standard InChI is InChI=1S/C12H11NO2/c14-12(15)10-5-6-13-8-11-4-2-1-3-9(11)7-10/h1-6,8,10H,7H2,(H,14,15)/b6-5-,13-8?. The van der Waals surface area contributed by atoms with Crippen molar-refractivity contribution in [3.63, 3.8) is 0 Å². The molecule has 2 rings (SSSR count). The molecular formula is C12H11NO2. The van der Waals surface area contributed by atoms with Crippen molar-refractivity contribution in [2.45, 2.75) is 6.42 Å². The molecule has 1 N–H and O–H groups in total. The number of carbonyl (C=O) groups is 1. The first-order valence-electron chi connectivity index (χ1n) is 4.78. The van der Waals surface area contributed by atoms with Gasteiger partial charge in [0.05, 0.1) is 5.92 Å². The number of benzene rings is 1. The monoisotopic (exact) mass is 201 g/mol. The van der Waals surface area contributed by atoms with Crippen LogP contribution >= 0.6 is 0 Å². The molecule has 0 aliphatic carbocycles. The fraction of sp³-hybridized carbons (Fsp3) is 0.167. The fourth-order valence-corrected chi connectivity index (χ4v) is 1.60. The van der Waals surface area contributed by atoms with Crippen molar-refractivity contribution >= 4 is 12.2 Å². The van der Waals surface area contributed by atoms with Gasteiger partial charge in [0.1, 0.15) is 0 Å². The van der Waals surface area contributed by atoms with Crippen molar-refractivity contribution < 1.29 is 9.90 Å². The van der Waals surface area contributed by atoms with Gasteiger partial charge in [-0.05, 0) is 17.5 Å². The van der Waals surface area contributed by atoms with Crippen molar-refractivity contribution in [2.75, 3.05) is 0 Å². The van der Waals surface area contributed by atoms with Crippen molar-refractivity contribution in [1.82, 2.24) is 0 Å². The molecule has 0 bridgehead atoms. The number of carboxylic acids is 1. The maximum absolute atomic E-state index is 10.9. The van der Waals surface area contributed by atoms with Crippen LogP contribution in [0.3, 0.4) is 0 Å². The Morgan fingerprint density at radius 3 is 3.00 bits per heavy atom. The van der Waals surface area contributed by atoms with Gasteiger partial charge < -0.3 is 5.11 Å². The highest BCUT2D eigenvalue weighted by Gasteiger charge is 2.16. The first kappa shape index (κ1) is 9.65. The Kier molecular flexibility index (Phi) is 2.63. The summed E-state index contributed by atoms with van der Waals surface area (Å²) in [6.07, 6.45) is 5.45. The molecule has 1 aromatic carbocycles. The van der Waals surface area contributed by atoms with E-state index >= 15 is 0 Å². The second kappa shape index (κ2) is 4.09. The summed E-state index contributed by atoms with van der Waals surface area (Å²) in [7, 11) is 0. The van der Waals surface area contributed by atoms with E-state index in [2.05, 4.69) is 4.99 Å². The molecule has 1 unspecified atom stereocenters. The summed E-state index contributed by atoms with van der Waals surface area (Å²) in [6, 6.07) is 7.72. The summed E-state index contributed by atoms with van der Waals surface area (Å²) in [6.45, 7) is 0.